The predicted octanol–water partition coefficient (Wildman–Crippen LogP) is 13.6. The van der Waals surface area contributed by atoms with Crippen LogP contribution in [0.2, 0.25) is 5.02 Å². The minimum atomic E-state index is 0.234. The Bertz CT molecular complexity index is 1020. The van der Waals surface area contributed by atoms with Gasteiger partial charge < -0.3 is 28.9 Å². The van der Waals surface area contributed by atoms with Crippen LogP contribution in [0.1, 0.15) is 180 Å². The zero-order valence-corrected chi connectivity index (χ0v) is 43.4. The van der Waals surface area contributed by atoms with E-state index in [1.165, 1.54) is 97.3 Å². The third-order valence-electron chi connectivity index (χ3n) is 10.9. The molecule has 1 saturated carbocycles. The molecule has 0 bridgehead atoms. The first-order chi connectivity index (χ1) is 28.3. The van der Waals surface area contributed by atoms with Crippen LogP contribution < -0.4 is 0 Å². The van der Waals surface area contributed by atoms with Crippen molar-refractivity contribution in [3.63, 3.8) is 0 Å². The Balaban J connectivity index is -0.000000304. The lowest BCUT2D eigenvalue weighted by molar-refractivity contribution is -0.111. The van der Waals surface area contributed by atoms with Crippen molar-refractivity contribution in [1.29, 1.82) is 0 Å². The molecule has 0 spiro atoms. The van der Waals surface area contributed by atoms with Gasteiger partial charge in [-0.1, -0.05) is 118 Å². The second-order valence-corrected chi connectivity index (χ2v) is 19.2. The molecule has 3 saturated heterocycles. The average Bonchev–Trinajstić information content (AvgIpc) is 4.03. The zero-order valence-electron chi connectivity index (χ0n) is 42.6. The van der Waals surface area contributed by atoms with Crippen molar-refractivity contribution in [3.05, 3.63) is 35.4 Å². The van der Waals surface area contributed by atoms with Crippen LogP contribution in [0.4, 0.5) is 0 Å². The van der Waals surface area contributed by atoms with Crippen LogP contribution in [0.3, 0.4) is 0 Å². The minimum absolute atomic E-state index is 0.234. The number of benzene rings is 1. The lowest BCUT2D eigenvalue weighted by Crippen LogP contribution is -2.39. The summed E-state index contributed by atoms with van der Waals surface area (Å²) >= 11 is 5.54. The van der Waals surface area contributed by atoms with Crippen molar-refractivity contribution in [3.8, 4) is 0 Å². The van der Waals surface area contributed by atoms with Gasteiger partial charge in [0.05, 0.1) is 0 Å². The summed E-state index contributed by atoms with van der Waals surface area (Å²) in [5, 5.41) is 0.794. The molecule has 0 amide bonds. The molecule has 1 aromatic rings. The summed E-state index contributed by atoms with van der Waals surface area (Å²) in [6.45, 7) is 39.5. The highest BCUT2D eigenvalue weighted by Gasteiger charge is 2.29. The van der Waals surface area contributed by atoms with Gasteiger partial charge in [0.15, 0.2) is 0 Å². The fourth-order valence-electron chi connectivity index (χ4n) is 6.39. The van der Waals surface area contributed by atoms with Gasteiger partial charge in [0.1, 0.15) is 18.9 Å². The van der Waals surface area contributed by atoms with Crippen molar-refractivity contribution >= 4 is 30.5 Å². The number of hydrogen-bond acceptors (Lipinski definition) is 7. The Kier molecular flexibility index (Phi) is 47.6. The van der Waals surface area contributed by atoms with Crippen molar-refractivity contribution in [2.45, 2.75) is 186 Å². The first-order valence-corrected chi connectivity index (χ1v) is 24.4. The molecule has 356 valence electrons. The van der Waals surface area contributed by atoms with Crippen LogP contribution in [0.25, 0.3) is 0 Å². The highest BCUT2D eigenvalue weighted by atomic mass is 35.5. The molecular weight excluding hydrogens is 766 g/mol. The summed E-state index contributed by atoms with van der Waals surface area (Å²) in [6.07, 6.45) is 19.2. The number of likely N-dealkylation sites (tertiary alicyclic amines) is 2. The highest BCUT2D eigenvalue weighted by Crippen LogP contribution is 2.37. The molecule has 3 unspecified atom stereocenters. The predicted molar refractivity (Wildman–Crippen MR) is 266 cm³/mol. The van der Waals surface area contributed by atoms with Gasteiger partial charge in [0, 0.05) is 49.2 Å². The molecule has 4 fully saturated rings. The molecule has 5 rings (SSSR count). The first-order valence-electron chi connectivity index (χ1n) is 24.0. The van der Waals surface area contributed by atoms with Gasteiger partial charge in [-0.2, -0.15) is 0 Å². The van der Waals surface area contributed by atoms with Crippen LogP contribution in [0.5, 0.6) is 0 Å². The lowest BCUT2D eigenvalue weighted by atomic mass is 9.74. The van der Waals surface area contributed by atoms with E-state index in [-0.39, 0.29) is 11.5 Å². The largest absolute Gasteiger partial charge is 0.381 e. The maximum Gasteiger partial charge on any atom is 0.124 e. The molecule has 3 aliphatic heterocycles. The highest BCUT2D eigenvalue weighted by molar-refractivity contribution is 6.30. The van der Waals surface area contributed by atoms with Crippen molar-refractivity contribution in [2.24, 2.45) is 29.1 Å². The summed E-state index contributed by atoms with van der Waals surface area (Å²) < 4.78 is 4.94. The number of hydrogen-bond donors (Lipinski definition) is 0. The molecule has 0 aromatic heterocycles. The van der Waals surface area contributed by atoms with Crippen molar-refractivity contribution in [2.75, 3.05) is 66.6 Å². The Morgan fingerprint density at radius 1 is 0.867 bits per heavy atom. The van der Waals surface area contributed by atoms with E-state index in [9.17, 15) is 9.59 Å². The normalized spacial score (nSPS) is 19.8. The Hall–Kier alpha value is -1.64. The molecule has 7 nitrogen and oxygen atoms in total. The molecule has 60 heavy (non-hydrogen) atoms. The first kappa shape index (κ1) is 65.0. The molecular formula is C52H102ClN3O4. The fourth-order valence-corrected chi connectivity index (χ4v) is 6.53. The van der Waals surface area contributed by atoms with E-state index in [0.29, 0.717) is 11.8 Å². The molecule has 0 N–H and O–H groups in total. The number of carbonyl (C=O) groups is 3. The smallest absolute Gasteiger partial charge is 0.124 e. The Labute approximate surface area is 379 Å². The van der Waals surface area contributed by atoms with Crippen LogP contribution >= 0.6 is 11.6 Å². The number of aldehydes is 3. The average molecular weight is 869 g/mol. The van der Waals surface area contributed by atoms with Gasteiger partial charge in [-0.15, -0.1) is 0 Å². The topological polar surface area (TPSA) is 70.2 Å². The summed E-state index contributed by atoms with van der Waals surface area (Å²) in [5.74, 6) is 3.13. The van der Waals surface area contributed by atoms with Gasteiger partial charge >= 0.3 is 0 Å². The zero-order chi connectivity index (χ0) is 46.8. The molecule has 8 heteroatoms. The monoisotopic (exact) mass is 868 g/mol. The van der Waals surface area contributed by atoms with Gasteiger partial charge in [0.2, 0.25) is 0 Å². The molecule has 4 aliphatic rings. The van der Waals surface area contributed by atoms with Crippen molar-refractivity contribution < 1.29 is 19.1 Å². The summed E-state index contributed by atoms with van der Waals surface area (Å²) in [5.41, 5.74) is 0.893. The van der Waals surface area contributed by atoms with Crippen molar-refractivity contribution in [1.82, 2.24) is 14.7 Å². The fraction of sp³-hybridized carbons (Fsp3) is 0.827. The number of nitrogens with zero attached hydrogens (tertiary/aromatic N) is 3. The summed E-state index contributed by atoms with van der Waals surface area (Å²) in [4.78, 5) is 35.8. The minimum Gasteiger partial charge on any atom is -0.381 e. The van der Waals surface area contributed by atoms with Crippen LogP contribution in [-0.4, -0.2) is 106 Å². The van der Waals surface area contributed by atoms with E-state index in [1.807, 2.05) is 51.1 Å². The van der Waals surface area contributed by atoms with Gasteiger partial charge in [-0.3, -0.25) is 4.90 Å². The standard InChI is InChI=1S/C10H23N.C9H17NO.C9H18.C6H5Cl.C6H13N.2C4H8O.C2H4O.C2H6/c1-5-8-11(4)9-7-10(3)6-2;1-9(2,3)10-5-4-8(6-10)7-11;1-8-4-6-9(2,3)7-5-8;7-6-4-2-1-3-5-6;1-6-3-4-7(2)5-6;1-2-4-5-3-1;1-2-3-4-5;1-2-3;1-2/h10H,5-9H2,1-4H3;7-8H,4-6H2,1-3H3;8H,4-7H2,1-3H3;1-5H;6H,3-5H2,1-2H3;1-4H2;4H,2-3H2,1H3;2H,1H3;1-2H3. The van der Waals surface area contributed by atoms with E-state index in [2.05, 4.69) is 98.0 Å². The molecule has 3 heterocycles. The third-order valence-corrected chi connectivity index (χ3v) is 11.1. The quantitative estimate of drug-likeness (QED) is 0.229. The number of carbonyl (C=O) groups excluding carboxylic acids is 3. The summed E-state index contributed by atoms with van der Waals surface area (Å²) in [6, 6.07) is 9.44. The van der Waals surface area contributed by atoms with Crippen LogP contribution in [-0.2, 0) is 19.1 Å². The van der Waals surface area contributed by atoms with E-state index in [0.717, 1.165) is 80.8 Å². The molecule has 1 aromatic carbocycles. The lowest BCUT2D eigenvalue weighted by Gasteiger charge is -2.32. The van der Waals surface area contributed by atoms with Crippen LogP contribution in [0.15, 0.2) is 30.3 Å². The molecule has 1 aliphatic carbocycles. The van der Waals surface area contributed by atoms with Gasteiger partial charge in [0.25, 0.3) is 0 Å². The number of unbranched alkanes of at least 4 members (excludes halogenated alkanes) is 1. The van der Waals surface area contributed by atoms with Gasteiger partial charge in [-0.25, -0.2) is 0 Å². The van der Waals surface area contributed by atoms with Crippen LogP contribution in [0, 0.1) is 29.1 Å². The SMILES string of the molecule is C1CCOC1.CC.CC(C)(C)N1CCC(C=O)C1.CC1CCC(C)(C)CC1.CC1CCN(C)C1.CC=O.CCCC=O.CCCN(C)CCC(C)CC.Clc1ccccc1. The number of halogens is 1. The second-order valence-electron chi connectivity index (χ2n) is 18.7. The van der Waals surface area contributed by atoms with E-state index in [4.69, 9.17) is 21.1 Å². The Morgan fingerprint density at radius 2 is 1.42 bits per heavy atom. The number of ether oxygens (including phenoxy) is 1. The second kappa shape index (κ2) is 44.0. The maximum absolute atomic E-state index is 10.5. The van der Waals surface area contributed by atoms with Gasteiger partial charge in [-0.05, 0) is 161 Å². The third kappa shape index (κ3) is 45.9. The van der Waals surface area contributed by atoms with E-state index < -0.39 is 0 Å². The summed E-state index contributed by atoms with van der Waals surface area (Å²) in [7, 11) is 4.40. The van der Waals surface area contributed by atoms with E-state index >= 15 is 0 Å². The Morgan fingerprint density at radius 3 is 1.67 bits per heavy atom. The maximum atomic E-state index is 10.5. The number of rotatable bonds is 9. The molecule has 3 atom stereocenters. The van der Waals surface area contributed by atoms with E-state index in [1.54, 1.807) is 0 Å². The molecule has 0 radical (unpaired) electrons.